The van der Waals surface area contributed by atoms with Gasteiger partial charge in [-0.05, 0) is 22.4 Å². The number of rotatable bonds is 1. The predicted molar refractivity (Wildman–Crippen MR) is 73.1 cm³/mol. The van der Waals surface area contributed by atoms with Crippen LogP contribution in [0.2, 0.25) is 0 Å². The first kappa shape index (κ1) is 11.5. The first-order valence-electron chi connectivity index (χ1n) is 6.01. The van der Waals surface area contributed by atoms with Gasteiger partial charge in [-0.1, -0.05) is 42.5 Å². The zero-order chi connectivity index (χ0) is 13.2. The number of nitrogens with one attached hydrogen (secondary N) is 2. The second-order valence-corrected chi connectivity index (χ2v) is 4.36. The standard InChI is InChI=1S/C15H12N2O2/c18-14-9-16-15(19)13(17-14)8-11-6-3-5-10-4-1-2-7-12(10)11/h1-8H,9H2,(H,16,19)(H,17,18). The molecule has 4 heteroatoms. The summed E-state index contributed by atoms with van der Waals surface area (Å²) in [4.78, 5) is 23.0. The molecule has 0 atom stereocenters. The Morgan fingerprint density at radius 2 is 1.79 bits per heavy atom. The Hall–Kier alpha value is -2.62. The van der Waals surface area contributed by atoms with E-state index in [4.69, 9.17) is 0 Å². The van der Waals surface area contributed by atoms with Gasteiger partial charge in [0.15, 0.2) is 0 Å². The van der Waals surface area contributed by atoms with Crippen LogP contribution in [-0.4, -0.2) is 18.4 Å². The van der Waals surface area contributed by atoms with Crippen molar-refractivity contribution in [3.63, 3.8) is 0 Å². The maximum Gasteiger partial charge on any atom is 0.268 e. The molecule has 2 aromatic carbocycles. The van der Waals surface area contributed by atoms with Crippen LogP contribution in [0, 0.1) is 0 Å². The highest BCUT2D eigenvalue weighted by Gasteiger charge is 2.19. The number of fused-ring (bicyclic) bond motifs is 1. The van der Waals surface area contributed by atoms with Crippen molar-refractivity contribution in [2.75, 3.05) is 6.54 Å². The van der Waals surface area contributed by atoms with Gasteiger partial charge in [0.2, 0.25) is 5.91 Å². The Bertz CT molecular complexity index is 699. The predicted octanol–water partition coefficient (Wildman–Crippen LogP) is 1.43. The second-order valence-electron chi connectivity index (χ2n) is 4.36. The van der Waals surface area contributed by atoms with Crippen LogP contribution in [0.25, 0.3) is 16.8 Å². The lowest BCUT2D eigenvalue weighted by atomic mass is 10.0. The van der Waals surface area contributed by atoms with Crippen molar-refractivity contribution in [1.82, 2.24) is 10.6 Å². The molecular formula is C15H12N2O2. The molecular weight excluding hydrogens is 240 g/mol. The topological polar surface area (TPSA) is 58.2 Å². The van der Waals surface area contributed by atoms with Crippen molar-refractivity contribution in [3.8, 4) is 0 Å². The summed E-state index contributed by atoms with van der Waals surface area (Å²) in [5.41, 5.74) is 1.19. The van der Waals surface area contributed by atoms with E-state index in [9.17, 15) is 9.59 Å². The van der Waals surface area contributed by atoms with Gasteiger partial charge in [-0.15, -0.1) is 0 Å². The number of hydrogen-bond acceptors (Lipinski definition) is 2. The van der Waals surface area contributed by atoms with Crippen molar-refractivity contribution >= 4 is 28.7 Å². The molecule has 0 bridgehead atoms. The summed E-state index contributed by atoms with van der Waals surface area (Å²) in [6, 6.07) is 13.8. The van der Waals surface area contributed by atoms with Crippen LogP contribution in [-0.2, 0) is 9.59 Å². The summed E-state index contributed by atoms with van der Waals surface area (Å²) in [6.07, 6.45) is 1.70. The number of carbonyl (C=O) groups is 2. The van der Waals surface area contributed by atoms with E-state index >= 15 is 0 Å². The maximum atomic E-state index is 11.7. The van der Waals surface area contributed by atoms with Gasteiger partial charge in [0.05, 0.1) is 6.54 Å². The number of benzene rings is 2. The van der Waals surface area contributed by atoms with Crippen LogP contribution in [0.3, 0.4) is 0 Å². The molecule has 0 aliphatic carbocycles. The Balaban J connectivity index is 2.09. The molecule has 1 saturated heterocycles. The summed E-state index contributed by atoms with van der Waals surface area (Å²) >= 11 is 0. The van der Waals surface area contributed by atoms with Crippen LogP contribution in [0.4, 0.5) is 0 Å². The van der Waals surface area contributed by atoms with Crippen LogP contribution < -0.4 is 10.6 Å². The third-order valence-electron chi connectivity index (χ3n) is 3.05. The van der Waals surface area contributed by atoms with Gasteiger partial charge in [0.25, 0.3) is 5.91 Å². The number of piperazine rings is 1. The number of carbonyl (C=O) groups excluding carboxylic acids is 2. The third kappa shape index (κ3) is 2.20. The van der Waals surface area contributed by atoms with Gasteiger partial charge in [-0.3, -0.25) is 9.59 Å². The minimum atomic E-state index is -0.257. The molecule has 94 valence electrons. The lowest BCUT2D eigenvalue weighted by molar-refractivity contribution is -0.127. The highest BCUT2D eigenvalue weighted by atomic mass is 16.2. The fourth-order valence-corrected chi connectivity index (χ4v) is 2.14. The van der Waals surface area contributed by atoms with Gasteiger partial charge < -0.3 is 10.6 Å². The normalized spacial score (nSPS) is 17.4. The fourth-order valence-electron chi connectivity index (χ4n) is 2.14. The largest absolute Gasteiger partial charge is 0.342 e. The monoisotopic (exact) mass is 252 g/mol. The van der Waals surface area contributed by atoms with E-state index in [0.29, 0.717) is 0 Å². The molecule has 1 heterocycles. The molecule has 1 fully saturated rings. The molecule has 0 aromatic heterocycles. The number of amides is 2. The summed E-state index contributed by atoms with van der Waals surface area (Å²) in [6.45, 7) is 0.0334. The molecule has 2 aromatic rings. The summed E-state index contributed by atoms with van der Waals surface area (Å²) < 4.78 is 0. The SMILES string of the molecule is O=C1CNC(=O)C(=Cc2cccc3ccccc23)N1. The summed E-state index contributed by atoms with van der Waals surface area (Å²) in [5.74, 6) is -0.460. The van der Waals surface area contributed by atoms with Crippen molar-refractivity contribution in [2.45, 2.75) is 0 Å². The van der Waals surface area contributed by atoms with Gasteiger partial charge >= 0.3 is 0 Å². The molecule has 2 N–H and O–H groups in total. The average molecular weight is 252 g/mol. The van der Waals surface area contributed by atoms with Crippen molar-refractivity contribution in [3.05, 3.63) is 53.7 Å². The van der Waals surface area contributed by atoms with Gasteiger partial charge in [0.1, 0.15) is 5.70 Å². The molecule has 3 rings (SSSR count). The first-order valence-corrected chi connectivity index (χ1v) is 6.01. The Morgan fingerprint density at radius 1 is 1.00 bits per heavy atom. The molecule has 0 unspecified atom stereocenters. The fraction of sp³-hybridized carbons (Fsp3) is 0.0667. The molecule has 4 nitrogen and oxygen atoms in total. The Kier molecular flexibility index (Phi) is 2.76. The van der Waals surface area contributed by atoms with Crippen LogP contribution in [0.5, 0.6) is 0 Å². The molecule has 0 spiro atoms. The highest BCUT2D eigenvalue weighted by molar-refractivity contribution is 6.07. The smallest absolute Gasteiger partial charge is 0.268 e. The zero-order valence-corrected chi connectivity index (χ0v) is 10.1. The zero-order valence-electron chi connectivity index (χ0n) is 10.1. The minimum Gasteiger partial charge on any atom is -0.342 e. The third-order valence-corrected chi connectivity index (χ3v) is 3.05. The van der Waals surface area contributed by atoms with Gasteiger partial charge in [-0.2, -0.15) is 0 Å². The van der Waals surface area contributed by atoms with E-state index < -0.39 is 0 Å². The molecule has 2 amide bonds. The molecule has 19 heavy (non-hydrogen) atoms. The Morgan fingerprint density at radius 3 is 2.68 bits per heavy atom. The van der Waals surface area contributed by atoms with Gasteiger partial charge in [-0.25, -0.2) is 0 Å². The summed E-state index contributed by atoms with van der Waals surface area (Å²) in [7, 11) is 0. The molecule has 0 saturated carbocycles. The maximum absolute atomic E-state index is 11.7. The van der Waals surface area contributed by atoms with Crippen LogP contribution in [0.15, 0.2) is 48.2 Å². The van der Waals surface area contributed by atoms with Crippen molar-refractivity contribution < 1.29 is 9.59 Å². The lowest BCUT2D eigenvalue weighted by Crippen LogP contribution is -2.46. The van der Waals surface area contributed by atoms with Crippen LogP contribution >= 0.6 is 0 Å². The van der Waals surface area contributed by atoms with Crippen LogP contribution in [0.1, 0.15) is 5.56 Å². The van der Waals surface area contributed by atoms with E-state index in [2.05, 4.69) is 10.6 Å². The lowest BCUT2D eigenvalue weighted by Gasteiger charge is -2.16. The highest BCUT2D eigenvalue weighted by Crippen LogP contribution is 2.20. The molecule has 1 aliphatic rings. The quantitative estimate of drug-likeness (QED) is 0.754. The van der Waals surface area contributed by atoms with Crippen molar-refractivity contribution in [1.29, 1.82) is 0 Å². The van der Waals surface area contributed by atoms with E-state index in [1.807, 2.05) is 42.5 Å². The Labute approximate surface area is 110 Å². The van der Waals surface area contributed by atoms with Crippen molar-refractivity contribution in [2.24, 2.45) is 0 Å². The first-order chi connectivity index (χ1) is 9.24. The molecule has 1 aliphatic heterocycles. The molecule has 0 radical (unpaired) electrons. The average Bonchev–Trinajstić information content (AvgIpc) is 2.43. The van der Waals surface area contributed by atoms with Gasteiger partial charge in [0, 0.05) is 0 Å². The van der Waals surface area contributed by atoms with E-state index in [-0.39, 0.29) is 24.1 Å². The van der Waals surface area contributed by atoms with E-state index in [1.54, 1.807) is 6.08 Å². The number of hydrogen-bond donors (Lipinski definition) is 2. The second kappa shape index (κ2) is 4.57. The van der Waals surface area contributed by atoms with E-state index in [1.165, 1.54) is 0 Å². The summed E-state index contributed by atoms with van der Waals surface area (Å²) in [5, 5.41) is 7.26. The minimum absolute atomic E-state index is 0.0334. The van der Waals surface area contributed by atoms with E-state index in [0.717, 1.165) is 16.3 Å².